The molecule has 0 N–H and O–H groups in total. The first-order valence-corrected chi connectivity index (χ1v) is 5.79. The van der Waals surface area contributed by atoms with Crippen LogP contribution in [0.5, 0.6) is 5.75 Å². The van der Waals surface area contributed by atoms with Crippen LogP contribution in [0.25, 0.3) is 10.8 Å². The molecule has 0 aliphatic heterocycles. The van der Waals surface area contributed by atoms with Crippen molar-refractivity contribution in [3.8, 4) is 5.75 Å². The van der Waals surface area contributed by atoms with E-state index in [0.29, 0.717) is 6.61 Å². The third-order valence-corrected chi connectivity index (χ3v) is 2.82. The molecule has 0 aliphatic rings. The standard InChI is InChI=1S/C14H17NO2/c1-11(16-2)7-8-17-14-10-15-9-12-5-3-4-6-13(12)14/h3-6,9-11H,7-8H2,1-2H3. The molecular weight excluding hydrogens is 214 g/mol. The van der Waals surface area contributed by atoms with Crippen LogP contribution in [0.15, 0.2) is 36.7 Å². The van der Waals surface area contributed by atoms with Crippen molar-refractivity contribution in [2.24, 2.45) is 0 Å². The molecule has 0 saturated carbocycles. The van der Waals surface area contributed by atoms with Gasteiger partial charge in [0, 0.05) is 30.5 Å². The second-order valence-corrected chi connectivity index (χ2v) is 4.04. The highest BCUT2D eigenvalue weighted by Gasteiger charge is 2.03. The van der Waals surface area contributed by atoms with Crippen LogP contribution in [0.1, 0.15) is 13.3 Å². The first kappa shape index (κ1) is 11.9. The van der Waals surface area contributed by atoms with E-state index in [2.05, 4.69) is 4.98 Å². The van der Waals surface area contributed by atoms with Crippen molar-refractivity contribution in [1.82, 2.24) is 4.98 Å². The smallest absolute Gasteiger partial charge is 0.145 e. The molecule has 90 valence electrons. The highest BCUT2D eigenvalue weighted by molar-refractivity contribution is 5.87. The lowest BCUT2D eigenvalue weighted by molar-refractivity contribution is 0.0957. The molecule has 1 heterocycles. The Hall–Kier alpha value is -1.61. The summed E-state index contributed by atoms with van der Waals surface area (Å²) in [4.78, 5) is 4.17. The summed E-state index contributed by atoms with van der Waals surface area (Å²) in [6.07, 6.45) is 4.71. The van der Waals surface area contributed by atoms with Crippen molar-refractivity contribution < 1.29 is 9.47 Å². The number of hydrogen-bond acceptors (Lipinski definition) is 3. The van der Waals surface area contributed by atoms with E-state index >= 15 is 0 Å². The van der Waals surface area contributed by atoms with Crippen molar-refractivity contribution in [1.29, 1.82) is 0 Å². The Morgan fingerprint density at radius 2 is 2.06 bits per heavy atom. The summed E-state index contributed by atoms with van der Waals surface area (Å²) in [5.74, 6) is 0.839. The maximum atomic E-state index is 5.75. The van der Waals surface area contributed by atoms with E-state index < -0.39 is 0 Å². The highest BCUT2D eigenvalue weighted by atomic mass is 16.5. The average molecular weight is 231 g/mol. The van der Waals surface area contributed by atoms with Crippen LogP contribution in [0.4, 0.5) is 0 Å². The summed E-state index contributed by atoms with van der Waals surface area (Å²) >= 11 is 0. The molecule has 1 atom stereocenters. The van der Waals surface area contributed by atoms with Gasteiger partial charge in [0.25, 0.3) is 0 Å². The maximum Gasteiger partial charge on any atom is 0.145 e. The first-order valence-electron chi connectivity index (χ1n) is 5.79. The van der Waals surface area contributed by atoms with Crippen LogP contribution in [0.2, 0.25) is 0 Å². The Morgan fingerprint density at radius 3 is 2.88 bits per heavy atom. The van der Waals surface area contributed by atoms with Crippen molar-refractivity contribution in [2.75, 3.05) is 13.7 Å². The third-order valence-electron chi connectivity index (χ3n) is 2.82. The lowest BCUT2D eigenvalue weighted by Gasteiger charge is -2.11. The lowest BCUT2D eigenvalue weighted by atomic mass is 10.2. The molecule has 1 aromatic carbocycles. The van der Waals surface area contributed by atoms with Gasteiger partial charge in [0.15, 0.2) is 0 Å². The molecule has 17 heavy (non-hydrogen) atoms. The molecule has 0 aliphatic carbocycles. The summed E-state index contributed by atoms with van der Waals surface area (Å²) in [7, 11) is 1.71. The highest BCUT2D eigenvalue weighted by Crippen LogP contribution is 2.23. The molecule has 1 unspecified atom stereocenters. The Labute approximate surface area is 101 Å². The van der Waals surface area contributed by atoms with E-state index in [-0.39, 0.29) is 6.10 Å². The molecule has 0 bridgehead atoms. The zero-order chi connectivity index (χ0) is 12.1. The largest absolute Gasteiger partial charge is 0.491 e. The van der Waals surface area contributed by atoms with Gasteiger partial charge in [-0.2, -0.15) is 0 Å². The zero-order valence-corrected chi connectivity index (χ0v) is 10.2. The van der Waals surface area contributed by atoms with E-state index in [9.17, 15) is 0 Å². The second-order valence-electron chi connectivity index (χ2n) is 4.04. The van der Waals surface area contributed by atoms with Crippen LogP contribution in [-0.2, 0) is 4.74 Å². The number of pyridine rings is 1. The zero-order valence-electron chi connectivity index (χ0n) is 10.2. The number of nitrogens with zero attached hydrogens (tertiary/aromatic N) is 1. The van der Waals surface area contributed by atoms with Gasteiger partial charge in [0.1, 0.15) is 5.75 Å². The van der Waals surface area contributed by atoms with Gasteiger partial charge in [-0.15, -0.1) is 0 Å². The van der Waals surface area contributed by atoms with E-state index in [1.807, 2.05) is 37.4 Å². The van der Waals surface area contributed by atoms with E-state index in [0.717, 1.165) is 22.9 Å². The topological polar surface area (TPSA) is 31.4 Å². The summed E-state index contributed by atoms with van der Waals surface area (Å²) in [5, 5.41) is 2.21. The van der Waals surface area contributed by atoms with E-state index in [1.54, 1.807) is 13.3 Å². The summed E-state index contributed by atoms with van der Waals surface area (Å²) < 4.78 is 10.9. The summed E-state index contributed by atoms with van der Waals surface area (Å²) in [6, 6.07) is 8.09. The number of methoxy groups -OCH3 is 1. The van der Waals surface area contributed by atoms with Crippen LogP contribution < -0.4 is 4.74 Å². The van der Waals surface area contributed by atoms with Gasteiger partial charge in [0.2, 0.25) is 0 Å². The second kappa shape index (κ2) is 5.64. The number of benzene rings is 1. The SMILES string of the molecule is COC(C)CCOc1cncc2ccccc12. The number of ether oxygens (including phenoxy) is 2. The van der Waals surface area contributed by atoms with Crippen molar-refractivity contribution >= 4 is 10.8 Å². The minimum absolute atomic E-state index is 0.220. The van der Waals surface area contributed by atoms with Crippen LogP contribution in [-0.4, -0.2) is 24.8 Å². The molecule has 2 rings (SSSR count). The molecule has 1 aromatic heterocycles. The maximum absolute atomic E-state index is 5.75. The number of aromatic nitrogens is 1. The minimum atomic E-state index is 0.220. The molecule has 0 saturated heterocycles. The Balaban J connectivity index is 2.08. The quantitative estimate of drug-likeness (QED) is 0.792. The number of hydrogen-bond donors (Lipinski definition) is 0. The van der Waals surface area contributed by atoms with Crippen molar-refractivity contribution in [3.05, 3.63) is 36.7 Å². The average Bonchev–Trinajstić information content (AvgIpc) is 2.39. The predicted octanol–water partition coefficient (Wildman–Crippen LogP) is 3.04. The molecule has 0 spiro atoms. The fourth-order valence-electron chi connectivity index (χ4n) is 1.66. The predicted molar refractivity (Wildman–Crippen MR) is 68.3 cm³/mol. The summed E-state index contributed by atoms with van der Waals surface area (Å²) in [6.45, 7) is 2.68. The van der Waals surface area contributed by atoms with Gasteiger partial charge in [-0.1, -0.05) is 24.3 Å². The Morgan fingerprint density at radius 1 is 1.24 bits per heavy atom. The Bertz CT molecular complexity index is 479. The summed E-state index contributed by atoms with van der Waals surface area (Å²) in [5.41, 5.74) is 0. The fourth-order valence-corrected chi connectivity index (χ4v) is 1.66. The Kier molecular flexibility index (Phi) is 3.94. The van der Waals surface area contributed by atoms with Crippen LogP contribution >= 0.6 is 0 Å². The van der Waals surface area contributed by atoms with Gasteiger partial charge in [-0.3, -0.25) is 4.98 Å². The fraction of sp³-hybridized carbons (Fsp3) is 0.357. The molecule has 0 amide bonds. The van der Waals surface area contributed by atoms with Gasteiger partial charge < -0.3 is 9.47 Å². The van der Waals surface area contributed by atoms with Gasteiger partial charge in [0.05, 0.1) is 18.9 Å². The van der Waals surface area contributed by atoms with Gasteiger partial charge in [-0.05, 0) is 6.92 Å². The van der Waals surface area contributed by atoms with Crippen LogP contribution in [0, 0.1) is 0 Å². The number of fused-ring (bicyclic) bond motifs is 1. The molecule has 0 radical (unpaired) electrons. The lowest BCUT2D eigenvalue weighted by Crippen LogP contribution is -2.10. The first-order chi connectivity index (χ1) is 8.31. The van der Waals surface area contributed by atoms with E-state index in [4.69, 9.17) is 9.47 Å². The third kappa shape index (κ3) is 2.94. The molecule has 3 heteroatoms. The number of rotatable bonds is 5. The molecule has 2 aromatic rings. The monoisotopic (exact) mass is 231 g/mol. The van der Waals surface area contributed by atoms with E-state index in [1.165, 1.54) is 0 Å². The molecular formula is C14H17NO2. The van der Waals surface area contributed by atoms with Gasteiger partial charge >= 0.3 is 0 Å². The van der Waals surface area contributed by atoms with Gasteiger partial charge in [-0.25, -0.2) is 0 Å². The van der Waals surface area contributed by atoms with Crippen molar-refractivity contribution in [2.45, 2.75) is 19.4 Å². The molecule has 0 fully saturated rings. The van der Waals surface area contributed by atoms with Crippen LogP contribution in [0.3, 0.4) is 0 Å². The normalized spacial score (nSPS) is 12.6. The minimum Gasteiger partial charge on any atom is -0.491 e. The molecule has 3 nitrogen and oxygen atoms in total. The van der Waals surface area contributed by atoms with Crippen molar-refractivity contribution in [3.63, 3.8) is 0 Å².